The Hall–Kier alpha value is -1.52. The predicted molar refractivity (Wildman–Crippen MR) is 136 cm³/mol. The van der Waals surface area contributed by atoms with Crippen molar-refractivity contribution in [3.8, 4) is 0 Å². The van der Waals surface area contributed by atoms with E-state index in [1.54, 1.807) is 21.3 Å². The van der Waals surface area contributed by atoms with Crippen LogP contribution in [0.3, 0.4) is 0 Å². The number of likely N-dealkylation sites (N-methyl/N-ethyl adjacent to an activating group) is 2. The van der Waals surface area contributed by atoms with Crippen molar-refractivity contribution in [3.63, 3.8) is 0 Å². The monoisotopic (exact) mass is 493 g/mol. The van der Waals surface area contributed by atoms with Gasteiger partial charge in [0, 0.05) is 58.5 Å². The highest BCUT2D eigenvalue weighted by Gasteiger charge is 2.40. The highest BCUT2D eigenvalue weighted by molar-refractivity contribution is 5.84. The number of aromatic nitrogens is 2. The van der Waals surface area contributed by atoms with Crippen LogP contribution in [-0.2, 0) is 38.6 Å². The van der Waals surface area contributed by atoms with Crippen molar-refractivity contribution in [1.82, 2.24) is 24.9 Å². The molecular formula is C26H47N5O4. The Morgan fingerprint density at radius 2 is 1.83 bits per heavy atom. The van der Waals surface area contributed by atoms with Gasteiger partial charge < -0.3 is 24.4 Å². The molecule has 1 N–H and O–H groups in total. The third-order valence-corrected chi connectivity index (χ3v) is 7.93. The summed E-state index contributed by atoms with van der Waals surface area (Å²) < 4.78 is 18.8. The molecular weight excluding hydrogens is 446 g/mol. The average molecular weight is 494 g/mol. The number of carbonyl (C=O) groups excluding carboxylic acids is 1. The van der Waals surface area contributed by atoms with E-state index in [-0.39, 0.29) is 11.3 Å². The average Bonchev–Trinajstić information content (AvgIpc) is 3.20. The molecule has 1 aromatic rings. The number of rotatable bonds is 12. The van der Waals surface area contributed by atoms with Gasteiger partial charge in [-0.3, -0.25) is 14.4 Å². The number of fused-ring (bicyclic) bond motifs is 1. The molecule has 1 saturated carbocycles. The third kappa shape index (κ3) is 6.43. The smallest absolute Gasteiger partial charge is 0.254 e. The Labute approximate surface area is 211 Å². The maximum absolute atomic E-state index is 13.2. The van der Waals surface area contributed by atoms with Gasteiger partial charge in [0.15, 0.2) is 0 Å². The first-order chi connectivity index (χ1) is 16.7. The molecule has 1 aromatic heterocycles. The second kappa shape index (κ2) is 12.1. The number of ether oxygens (including phenoxy) is 3. The molecule has 3 rings (SSSR count). The third-order valence-electron chi connectivity index (χ3n) is 7.93. The fourth-order valence-corrected chi connectivity index (χ4v) is 5.72. The lowest BCUT2D eigenvalue weighted by Crippen LogP contribution is -2.49. The summed E-state index contributed by atoms with van der Waals surface area (Å²) >= 11 is 0. The summed E-state index contributed by atoms with van der Waals surface area (Å²) in [7, 11) is 9.30. The lowest BCUT2D eigenvalue weighted by Gasteiger charge is -2.40. The first-order valence-corrected chi connectivity index (χ1v) is 12.9. The molecule has 2 heterocycles. The number of amides is 1. The highest BCUT2D eigenvalue weighted by Crippen LogP contribution is 2.45. The standard InChI is InChI=1S/C26H47N5O4/c1-25(2,35-7)24(32)30-14-15-31-22(17-30)23(21(28-31)16-29(4)13-12-27-3)20-8-10-26(11-9-20,18-33-5)19-34-6/h20,27H,8-19H2,1-7H3. The van der Waals surface area contributed by atoms with Crippen LogP contribution in [0.15, 0.2) is 0 Å². The van der Waals surface area contributed by atoms with Crippen molar-refractivity contribution in [2.45, 2.75) is 70.7 Å². The summed E-state index contributed by atoms with van der Waals surface area (Å²) in [6, 6.07) is 0. The minimum Gasteiger partial charge on any atom is -0.384 e. The molecule has 0 saturated heterocycles. The summed E-state index contributed by atoms with van der Waals surface area (Å²) in [6.07, 6.45) is 4.29. The molecule has 1 aliphatic carbocycles. The lowest BCUT2D eigenvalue weighted by molar-refractivity contribution is -0.152. The fourth-order valence-electron chi connectivity index (χ4n) is 5.72. The van der Waals surface area contributed by atoms with Crippen LogP contribution in [0.25, 0.3) is 0 Å². The maximum Gasteiger partial charge on any atom is 0.254 e. The largest absolute Gasteiger partial charge is 0.384 e. The molecule has 0 radical (unpaired) electrons. The van der Waals surface area contributed by atoms with Crippen molar-refractivity contribution in [3.05, 3.63) is 17.0 Å². The second-order valence-corrected chi connectivity index (χ2v) is 11.0. The van der Waals surface area contributed by atoms with E-state index >= 15 is 0 Å². The Morgan fingerprint density at radius 1 is 1.17 bits per heavy atom. The highest BCUT2D eigenvalue weighted by atomic mass is 16.5. The van der Waals surface area contributed by atoms with Gasteiger partial charge in [-0.15, -0.1) is 0 Å². The van der Waals surface area contributed by atoms with E-state index in [0.717, 1.165) is 70.8 Å². The van der Waals surface area contributed by atoms with Crippen molar-refractivity contribution in [2.75, 3.05) is 68.3 Å². The zero-order valence-electron chi connectivity index (χ0n) is 23.0. The second-order valence-electron chi connectivity index (χ2n) is 11.0. The van der Waals surface area contributed by atoms with Gasteiger partial charge in [-0.1, -0.05) is 0 Å². The molecule has 9 nitrogen and oxygen atoms in total. The molecule has 35 heavy (non-hydrogen) atoms. The molecule has 0 bridgehead atoms. The Kier molecular flexibility index (Phi) is 9.74. The van der Waals surface area contributed by atoms with E-state index in [1.165, 1.54) is 11.3 Å². The van der Waals surface area contributed by atoms with Crippen LogP contribution in [0.1, 0.15) is 62.4 Å². The number of nitrogens with one attached hydrogen (secondary N) is 1. The SMILES string of the molecule is CNCCN(C)Cc1nn2c(c1C1CCC(COC)(COC)CC1)CN(C(=O)C(C)(C)OC)CC2. The number of carbonyl (C=O) groups is 1. The molecule has 0 unspecified atom stereocenters. The van der Waals surface area contributed by atoms with E-state index in [9.17, 15) is 4.79 Å². The van der Waals surface area contributed by atoms with Gasteiger partial charge in [-0.2, -0.15) is 5.10 Å². The lowest BCUT2D eigenvalue weighted by atomic mass is 9.69. The summed E-state index contributed by atoms with van der Waals surface area (Å²) in [4.78, 5) is 17.5. The summed E-state index contributed by atoms with van der Waals surface area (Å²) in [5, 5.41) is 8.33. The first-order valence-electron chi connectivity index (χ1n) is 12.9. The zero-order valence-corrected chi connectivity index (χ0v) is 23.0. The topological polar surface area (TPSA) is 81.1 Å². The van der Waals surface area contributed by atoms with Crippen LogP contribution < -0.4 is 5.32 Å². The van der Waals surface area contributed by atoms with Crippen molar-refractivity contribution >= 4 is 5.91 Å². The quantitative estimate of drug-likeness (QED) is 0.478. The molecule has 1 amide bonds. The van der Waals surface area contributed by atoms with Gasteiger partial charge in [0.2, 0.25) is 0 Å². The van der Waals surface area contributed by atoms with E-state index in [2.05, 4.69) is 21.9 Å². The minimum absolute atomic E-state index is 0.0361. The van der Waals surface area contributed by atoms with Crippen LogP contribution in [0.5, 0.6) is 0 Å². The minimum atomic E-state index is -0.830. The van der Waals surface area contributed by atoms with Crippen LogP contribution >= 0.6 is 0 Å². The molecule has 2 aliphatic rings. The van der Waals surface area contributed by atoms with E-state index in [0.29, 0.717) is 19.0 Å². The normalized spacial score (nSPS) is 18.8. The number of hydrogen-bond donors (Lipinski definition) is 1. The van der Waals surface area contributed by atoms with Crippen molar-refractivity contribution < 1.29 is 19.0 Å². The van der Waals surface area contributed by atoms with Gasteiger partial charge in [-0.25, -0.2) is 0 Å². The predicted octanol–water partition coefficient (Wildman–Crippen LogP) is 2.24. The van der Waals surface area contributed by atoms with Crippen LogP contribution in [0, 0.1) is 5.41 Å². The Balaban J connectivity index is 1.89. The van der Waals surface area contributed by atoms with Crippen molar-refractivity contribution in [1.29, 1.82) is 0 Å². The van der Waals surface area contributed by atoms with Crippen LogP contribution in [-0.4, -0.2) is 99.4 Å². The summed E-state index contributed by atoms with van der Waals surface area (Å²) in [6.45, 7) is 9.82. The molecule has 200 valence electrons. The first kappa shape index (κ1) is 28.1. The van der Waals surface area contributed by atoms with E-state index < -0.39 is 5.60 Å². The van der Waals surface area contributed by atoms with Crippen molar-refractivity contribution in [2.24, 2.45) is 5.41 Å². The molecule has 0 spiro atoms. The van der Waals surface area contributed by atoms with Gasteiger partial charge in [0.05, 0.1) is 37.7 Å². The van der Waals surface area contributed by atoms with Gasteiger partial charge >= 0.3 is 0 Å². The maximum atomic E-state index is 13.2. The zero-order chi connectivity index (χ0) is 25.6. The summed E-state index contributed by atoms with van der Waals surface area (Å²) in [5.41, 5.74) is 2.97. The molecule has 1 fully saturated rings. The fraction of sp³-hybridized carbons (Fsp3) is 0.846. The Morgan fingerprint density at radius 3 is 2.40 bits per heavy atom. The number of hydrogen-bond acceptors (Lipinski definition) is 7. The molecule has 0 aromatic carbocycles. The van der Waals surface area contributed by atoms with Crippen LogP contribution in [0.4, 0.5) is 0 Å². The van der Waals surface area contributed by atoms with Crippen LogP contribution in [0.2, 0.25) is 0 Å². The number of nitrogens with zero attached hydrogens (tertiary/aromatic N) is 4. The van der Waals surface area contributed by atoms with E-state index in [4.69, 9.17) is 19.3 Å². The molecule has 0 atom stereocenters. The molecule has 1 aliphatic heterocycles. The Bertz CT molecular complexity index is 824. The van der Waals surface area contributed by atoms with Gasteiger partial charge in [0.1, 0.15) is 5.60 Å². The van der Waals surface area contributed by atoms with Gasteiger partial charge in [-0.05, 0) is 59.5 Å². The molecule has 9 heteroatoms. The van der Waals surface area contributed by atoms with E-state index in [1.807, 2.05) is 25.8 Å². The number of methoxy groups -OCH3 is 3. The van der Waals surface area contributed by atoms with Gasteiger partial charge in [0.25, 0.3) is 5.91 Å². The summed E-state index contributed by atoms with van der Waals surface area (Å²) in [5.74, 6) is 0.465.